The van der Waals surface area contributed by atoms with Crippen molar-refractivity contribution in [3.8, 4) is 11.1 Å². The van der Waals surface area contributed by atoms with Gasteiger partial charge in [0.05, 0.1) is 16.8 Å². The Morgan fingerprint density at radius 3 is 1.15 bits per heavy atom. The van der Waals surface area contributed by atoms with Crippen molar-refractivity contribution in [1.82, 2.24) is 0 Å². The monoisotopic (exact) mass is 936 g/mol. The van der Waals surface area contributed by atoms with Gasteiger partial charge in [0.1, 0.15) is 22.8 Å². The highest BCUT2D eigenvalue weighted by molar-refractivity contribution is 6.12. The summed E-state index contributed by atoms with van der Waals surface area (Å²) < 4.78 is 44.9. The van der Waals surface area contributed by atoms with E-state index in [4.69, 9.17) is 8.83 Å². The minimum absolute atomic E-state index is 0.295. The number of anilines is 6. The molecular formula is C66H46F2N2O2. The van der Waals surface area contributed by atoms with Crippen molar-refractivity contribution in [2.45, 2.75) is 38.5 Å². The zero-order chi connectivity index (χ0) is 48.6. The molecule has 2 aliphatic carbocycles. The van der Waals surface area contributed by atoms with Crippen molar-refractivity contribution >= 4 is 78.0 Å². The van der Waals surface area contributed by atoms with Crippen molar-refractivity contribution in [2.75, 3.05) is 9.80 Å². The second-order valence-corrected chi connectivity index (χ2v) is 20.0. The van der Waals surface area contributed by atoms with Crippen LogP contribution in [0.25, 0.3) is 55.0 Å². The second kappa shape index (κ2) is 15.4. The summed E-state index contributed by atoms with van der Waals surface area (Å²) in [6.45, 7) is 8.78. The average molecular weight is 937 g/mol. The van der Waals surface area contributed by atoms with Crippen LogP contribution >= 0.6 is 0 Å². The molecule has 2 aliphatic rings. The molecule has 2 aromatic heterocycles. The first-order valence-corrected chi connectivity index (χ1v) is 24.5. The van der Waals surface area contributed by atoms with E-state index in [0.717, 1.165) is 88.8 Å². The van der Waals surface area contributed by atoms with Gasteiger partial charge in [0.25, 0.3) is 0 Å². The topological polar surface area (TPSA) is 32.8 Å². The lowest BCUT2D eigenvalue weighted by molar-refractivity contribution is 0.563. The van der Waals surface area contributed by atoms with E-state index in [9.17, 15) is 0 Å². The van der Waals surface area contributed by atoms with Gasteiger partial charge in [0, 0.05) is 49.7 Å². The van der Waals surface area contributed by atoms with Crippen LogP contribution in [-0.2, 0) is 10.8 Å². The molecule has 4 nitrogen and oxygen atoms in total. The Hall–Kier alpha value is -8.74. The molecule has 0 amide bonds. The van der Waals surface area contributed by atoms with Crippen LogP contribution in [0.15, 0.2) is 215 Å². The Morgan fingerprint density at radius 1 is 0.347 bits per heavy atom. The second-order valence-electron chi connectivity index (χ2n) is 20.0. The minimum Gasteiger partial charge on any atom is -0.454 e. The molecule has 10 aromatic carbocycles. The van der Waals surface area contributed by atoms with Gasteiger partial charge < -0.3 is 18.6 Å². The number of furan rings is 2. The summed E-state index contributed by atoms with van der Waals surface area (Å²) in [7, 11) is 0. The summed E-state index contributed by atoms with van der Waals surface area (Å²) in [5.74, 6) is -0.685. The zero-order valence-corrected chi connectivity index (χ0v) is 40.1. The Bertz CT molecular complexity index is 3970. The number of hydrogen-bond acceptors (Lipinski definition) is 4. The third-order valence-electron chi connectivity index (χ3n) is 15.6. The van der Waals surface area contributed by atoms with Crippen LogP contribution in [-0.4, -0.2) is 0 Å². The minimum atomic E-state index is -0.718. The number of benzene rings is 10. The van der Waals surface area contributed by atoms with Crippen molar-refractivity contribution in [1.29, 1.82) is 0 Å². The highest BCUT2D eigenvalue weighted by Crippen LogP contribution is 2.63. The standard InChI is InChI=1S/C66H46F2N2O2/c1-39-15-9-21-47-49-23-13-29-59(63(49)71-61(39)47)69(43-19-11-17-41(67)35-43)45-31-33-53-51(37-45)52-38-46(32-34-54(52)66(53)57-27-7-5-25-55(57)65(3,4)56-26-6-8-28-58(56)66)70(44-20-12-18-42(68)36-44)60-30-14-24-50-48-22-10-16-40(2)62(48)72-64(50)60/h5-38H,1-4H3. The van der Waals surface area contributed by atoms with E-state index in [1.807, 2.05) is 24.3 Å². The summed E-state index contributed by atoms with van der Waals surface area (Å²) in [5, 5.41) is 4.01. The molecule has 0 aliphatic heterocycles. The molecular weight excluding hydrogens is 891 g/mol. The number of fused-ring (bicyclic) bond motifs is 15. The maximum absolute atomic E-state index is 15.6. The number of hydrogen-bond donors (Lipinski definition) is 0. The Balaban J connectivity index is 1.07. The maximum atomic E-state index is 15.6. The normalized spacial score (nSPS) is 13.9. The van der Waals surface area contributed by atoms with Gasteiger partial charge in [-0.2, -0.15) is 0 Å². The van der Waals surface area contributed by atoms with E-state index in [1.54, 1.807) is 24.3 Å². The quantitative estimate of drug-likeness (QED) is 0.166. The first kappa shape index (κ1) is 42.2. The van der Waals surface area contributed by atoms with Crippen LogP contribution in [0.1, 0.15) is 58.4 Å². The van der Waals surface area contributed by atoms with Crippen LogP contribution in [0.2, 0.25) is 0 Å². The summed E-state index contributed by atoms with van der Waals surface area (Å²) in [5.41, 5.74) is 18.0. The van der Waals surface area contributed by atoms with Crippen LogP contribution < -0.4 is 9.80 Å². The lowest BCUT2D eigenvalue weighted by Gasteiger charge is -2.46. The summed E-state index contributed by atoms with van der Waals surface area (Å²) >= 11 is 0. The fourth-order valence-corrected chi connectivity index (χ4v) is 12.5. The number of rotatable bonds is 6. The smallest absolute Gasteiger partial charge is 0.159 e. The Labute approximate surface area is 415 Å². The summed E-state index contributed by atoms with van der Waals surface area (Å²) in [6, 6.07) is 69.6. The molecule has 0 unspecified atom stereocenters. The van der Waals surface area contributed by atoms with E-state index in [-0.39, 0.29) is 17.0 Å². The SMILES string of the molecule is Cc1cccc2c1oc1c(N(c3cccc(F)c3)c3ccc4c(c3)-c3cc(N(c5cccc(F)c5)c5cccc6c5oc5c(C)cccc56)ccc3C43c4ccccc4C(C)(C)c4ccccc43)cccc12. The Kier molecular flexibility index (Phi) is 9.01. The number of aryl methyl sites for hydroxylation is 2. The molecule has 14 rings (SSSR count). The van der Waals surface area contributed by atoms with Gasteiger partial charge in [-0.1, -0.05) is 147 Å². The molecule has 6 heteroatoms. The number of para-hydroxylation sites is 4. The third-order valence-corrected chi connectivity index (χ3v) is 15.6. The first-order chi connectivity index (χ1) is 35.1. The van der Waals surface area contributed by atoms with Crippen LogP contribution in [0.4, 0.5) is 42.9 Å². The number of nitrogens with zero attached hydrogens (tertiary/aromatic N) is 2. The first-order valence-electron chi connectivity index (χ1n) is 24.5. The zero-order valence-electron chi connectivity index (χ0n) is 40.1. The lowest BCUT2D eigenvalue weighted by atomic mass is 9.55. The van der Waals surface area contributed by atoms with Crippen molar-refractivity contribution in [3.05, 3.63) is 262 Å². The van der Waals surface area contributed by atoms with Crippen molar-refractivity contribution in [2.24, 2.45) is 0 Å². The fourth-order valence-electron chi connectivity index (χ4n) is 12.5. The predicted molar refractivity (Wildman–Crippen MR) is 289 cm³/mol. The molecule has 0 bridgehead atoms. The van der Waals surface area contributed by atoms with Gasteiger partial charge in [-0.15, -0.1) is 0 Å². The molecule has 0 radical (unpaired) electrons. The van der Waals surface area contributed by atoms with Gasteiger partial charge in [-0.25, -0.2) is 8.78 Å². The van der Waals surface area contributed by atoms with Gasteiger partial charge in [-0.05, 0) is 142 Å². The summed E-state index contributed by atoms with van der Waals surface area (Å²) in [6.07, 6.45) is 0. The molecule has 0 N–H and O–H groups in total. The van der Waals surface area contributed by atoms with Crippen molar-refractivity contribution in [3.63, 3.8) is 0 Å². The highest BCUT2D eigenvalue weighted by Gasteiger charge is 2.53. The molecule has 0 saturated carbocycles. The lowest BCUT2D eigenvalue weighted by Crippen LogP contribution is -2.40. The molecule has 72 heavy (non-hydrogen) atoms. The van der Waals surface area contributed by atoms with Crippen LogP contribution in [0, 0.1) is 25.5 Å². The van der Waals surface area contributed by atoms with Crippen molar-refractivity contribution < 1.29 is 17.6 Å². The van der Waals surface area contributed by atoms with E-state index >= 15 is 8.78 Å². The molecule has 0 fully saturated rings. The third kappa shape index (κ3) is 5.83. The molecule has 2 heterocycles. The van der Waals surface area contributed by atoms with E-state index in [0.29, 0.717) is 22.5 Å². The predicted octanol–water partition coefficient (Wildman–Crippen LogP) is 18.3. The Morgan fingerprint density at radius 2 is 0.722 bits per heavy atom. The molecule has 12 aromatic rings. The van der Waals surface area contributed by atoms with Gasteiger partial charge in [0.2, 0.25) is 0 Å². The van der Waals surface area contributed by atoms with E-state index < -0.39 is 5.41 Å². The number of halogens is 2. The maximum Gasteiger partial charge on any atom is 0.159 e. The van der Waals surface area contributed by atoms with Crippen LogP contribution in [0.3, 0.4) is 0 Å². The molecule has 346 valence electrons. The van der Waals surface area contributed by atoms with Crippen LogP contribution in [0.5, 0.6) is 0 Å². The molecule has 0 atom stereocenters. The van der Waals surface area contributed by atoms with Gasteiger partial charge in [0.15, 0.2) is 11.2 Å². The molecule has 1 spiro atoms. The highest BCUT2D eigenvalue weighted by atomic mass is 19.1. The van der Waals surface area contributed by atoms with Gasteiger partial charge in [-0.3, -0.25) is 0 Å². The average Bonchev–Trinajstić information content (AvgIpc) is 4.07. The molecule has 0 saturated heterocycles. The van der Waals surface area contributed by atoms with E-state index in [1.165, 1.54) is 34.4 Å². The summed E-state index contributed by atoms with van der Waals surface area (Å²) in [4.78, 5) is 4.24. The fraction of sp³-hybridized carbons (Fsp3) is 0.0909. The largest absolute Gasteiger partial charge is 0.454 e. The van der Waals surface area contributed by atoms with Gasteiger partial charge >= 0.3 is 0 Å². The van der Waals surface area contributed by atoms with E-state index in [2.05, 4.69) is 183 Å².